The molecule has 448 valence electrons. The lowest BCUT2D eigenvalue weighted by Gasteiger charge is -2.21. The van der Waals surface area contributed by atoms with Gasteiger partial charge < -0.3 is 50.7 Å². The maximum absolute atomic E-state index is 10.1. The van der Waals surface area contributed by atoms with Gasteiger partial charge in [-0.05, 0) is 40.7 Å². The number of alkyl halides is 2. The third-order valence-corrected chi connectivity index (χ3v) is 13.1. The maximum atomic E-state index is 10.1. The van der Waals surface area contributed by atoms with E-state index < -0.39 is 17.3 Å². The minimum absolute atomic E-state index is 0.153. The lowest BCUT2D eigenvalue weighted by Crippen LogP contribution is -2.39. The van der Waals surface area contributed by atoms with Crippen LogP contribution >= 0.6 is 31.9 Å². The van der Waals surface area contributed by atoms with Crippen LogP contribution in [0.4, 0.5) is 34.9 Å². The molecule has 9 rings (SSSR count). The van der Waals surface area contributed by atoms with Crippen molar-refractivity contribution in [1.29, 1.82) is 0 Å². The van der Waals surface area contributed by atoms with Crippen LogP contribution in [0.3, 0.4) is 0 Å². The van der Waals surface area contributed by atoms with Crippen LogP contribution in [0.25, 0.3) is 0 Å². The molecule has 2 fully saturated rings. The third kappa shape index (κ3) is 26.6. The van der Waals surface area contributed by atoms with Crippen LogP contribution < -0.4 is 30.7 Å². The number of hydrogen-bond acceptors (Lipinski definition) is 16. The summed E-state index contributed by atoms with van der Waals surface area (Å²) in [6.07, 6.45) is 18.2. The number of hydrogen-bond donors (Lipinski definition) is 5. The van der Waals surface area contributed by atoms with Crippen molar-refractivity contribution in [1.82, 2.24) is 58.7 Å². The van der Waals surface area contributed by atoms with Crippen molar-refractivity contribution in [2.24, 2.45) is 42.3 Å². The van der Waals surface area contributed by atoms with Crippen LogP contribution in [0, 0.1) is 0 Å². The fraction of sp³-hybridized carbons (Fsp3) is 0.474. The lowest BCUT2D eigenvalue weighted by molar-refractivity contribution is -0.0472. The highest BCUT2D eigenvalue weighted by molar-refractivity contribution is 9.09. The first-order valence-electron chi connectivity index (χ1n) is 26.2. The van der Waals surface area contributed by atoms with Crippen LogP contribution in [0.5, 0.6) is 0 Å². The number of nitrogens with two attached hydrogens (primary N) is 1. The third-order valence-electron chi connectivity index (χ3n) is 11.7. The van der Waals surface area contributed by atoms with Gasteiger partial charge in [-0.15, -0.1) is 19.7 Å². The molecule has 0 radical (unpaired) electrons. The zero-order valence-corrected chi connectivity index (χ0v) is 53.1. The first-order chi connectivity index (χ1) is 38.2. The first-order valence-corrected chi connectivity index (χ1v) is 28.5. The zero-order chi connectivity index (χ0) is 60.9. The molecule has 9 heterocycles. The van der Waals surface area contributed by atoms with E-state index in [1.807, 2.05) is 138 Å². The average Bonchev–Trinajstić information content (AvgIpc) is 4.34. The molecular formula is C57H92Br2N18O4. The highest BCUT2D eigenvalue weighted by Crippen LogP contribution is 2.28. The minimum Gasteiger partial charge on any atom is -0.388 e. The Bertz CT molecular complexity index is 2790. The molecule has 0 spiro atoms. The smallest absolute Gasteiger partial charge is 0.151 e. The number of methoxy groups -OCH3 is 1. The predicted octanol–water partition coefficient (Wildman–Crippen LogP) is 7.08. The summed E-state index contributed by atoms with van der Waals surface area (Å²) in [5.74, 6) is 5.19. The molecule has 4 atom stereocenters. The standard InChI is InChI=1S/C11H17N3.C10H17N3O2.C9H15N3O2.C9H13N3.C7H11N3.C4H7Br.C4H7N3.C3H5Br/c1-5-7-14(9-10(2)3)11-6-8-13(4)12-11;1-10(14)7-13(6-8(10)15-3)9-4-5-12(2)11-9;1-9(14)6-12(5-7(9)13)8-3-4-11(2)10-8;1-8-3-6-12(7-8)9-4-5-11(2)10-9;1-3-5-8-7-4-6-10(2)9-7;1-4(2)3-5;1-7-3-2-4(5)6-7;1-2-3-4/h5-6,8H,1-2,7,9H2,3-4H3;4-5,8,14H,6-7H2,1-3H3;3-4,7,13-14H,5-6H2,1-2H3;3-5H,6-7H2,1-2H3;3-4,6H,1,5H2,2H3,(H,8,9);1,3H2,2H3;2-3H,1H3,(H2,5,6);2H,1,3H2/t;8-,10+;7-,9+;;;;;/m.00...../s1. The number of aryl methyl sites for hydroxylation is 6. The number of aliphatic hydroxyl groups excluding tert-OH is 1. The van der Waals surface area contributed by atoms with Gasteiger partial charge in [0.2, 0.25) is 0 Å². The van der Waals surface area contributed by atoms with Crippen molar-refractivity contribution in [3.05, 3.63) is 147 Å². The van der Waals surface area contributed by atoms with E-state index in [0.29, 0.717) is 32.0 Å². The molecule has 3 aliphatic rings. The summed E-state index contributed by atoms with van der Waals surface area (Å²) < 4.78 is 15.8. The Labute approximate surface area is 498 Å². The minimum atomic E-state index is -1.03. The van der Waals surface area contributed by atoms with Crippen molar-refractivity contribution in [2.45, 2.75) is 58.0 Å². The largest absolute Gasteiger partial charge is 0.388 e. The van der Waals surface area contributed by atoms with Gasteiger partial charge in [0.25, 0.3) is 0 Å². The number of nitrogens with zero attached hydrogens (tertiary/aromatic N) is 16. The molecule has 22 nitrogen and oxygen atoms in total. The Morgan fingerprint density at radius 2 is 1.17 bits per heavy atom. The van der Waals surface area contributed by atoms with Gasteiger partial charge in [-0.2, -0.15) is 30.6 Å². The van der Waals surface area contributed by atoms with E-state index in [0.717, 1.165) is 78.0 Å². The molecule has 0 bridgehead atoms. The first kappa shape index (κ1) is 70.4. The van der Waals surface area contributed by atoms with Crippen molar-refractivity contribution in [3.8, 4) is 0 Å². The number of β-amino-alcohol motifs (C(OH)–C–C–N with tert-alkyl or cyclic N) is 3. The molecule has 0 aromatic carbocycles. The summed E-state index contributed by atoms with van der Waals surface area (Å²) >= 11 is 6.34. The normalized spacial score (nSPS) is 18.3. The predicted molar refractivity (Wildman–Crippen MR) is 341 cm³/mol. The number of anilines is 6. The molecule has 0 saturated carbocycles. The van der Waals surface area contributed by atoms with Crippen LogP contribution in [-0.2, 0) is 47.0 Å². The summed E-state index contributed by atoms with van der Waals surface area (Å²) in [4.78, 5) is 8.31. The van der Waals surface area contributed by atoms with Gasteiger partial charge in [0.1, 0.15) is 35.0 Å². The fourth-order valence-corrected chi connectivity index (χ4v) is 7.59. The molecule has 6 N–H and O–H groups in total. The molecule has 0 aliphatic carbocycles. The van der Waals surface area contributed by atoms with E-state index in [2.05, 4.69) is 123 Å². The van der Waals surface area contributed by atoms with Crippen molar-refractivity contribution >= 4 is 66.8 Å². The SMILES string of the molecule is C=C(C)CBr.C=CCBr.C=CCN(CC(=C)C)c1ccn(C)n1.C=CCNc1ccn(C)n1.CC1=CCN(c2ccn(C)n2)C1.CO[C@H]1CN(c2ccn(C)n2)C[C@@]1(C)O.Cn1ccc(N)n1.Cn1ccc(N2C[C@H](O)[C@](C)(O)C2)n1. The molecule has 24 heteroatoms. The number of nitrogen functional groups attached to an aromatic ring is 1. The number of nitrogens with one attached hydrogen (secondary N) is 1. The van der Waals surface area contributed by atoms with Crippen molar-refractivity contribution in [3.63, 3.8) is 0 Å². The van der Waals surface area contributed by atoms with E-state index in [1.165, 1.54) is 11.1 Å². The Balaban J connectivity index is 0.000000325. The average molecular weight is 1250 g/mol. The quantitative estimate of drug-likeness (QED) is 0.0542. The molecular weight excluding hydrogens is 1160 g/mol. The monoisotopic (exact) mass is 1250 g/mol. The number of ether oxygens (including phenoxy) is 1. The molecule has 6 aromatic rings. The second-order valence-electron chi connectivity index (χ2n) is 20.2. The van der Waals surface area contributed by atoms with Crippen LogP contribution in [0.1, 0.15) is 34.6 Å². The van der Waals surface area contributed by atoms with Gasteiger partial charge in [0.15, 0.2) is 23.3 Å². The Kier molecular flexibility index (Phi) is 31.2. The number of allylic oxidation sites excluding steroid dienone is 2. The highest BCUT2D eigenvalue weighted by atomic mass is 79.9. The lowest BCUT2D eigenvalue weighted by atomic mass is 10.0. The fourth-order valence-electron chi connectivity index (χ4n) is 7.59. The Morgan fingerprint density at radius 3 is 1.49 bits per heavy atom. The molecule has 81 heavy (non-hydrogen) atoms. The maximum Gasteiger partial charge on any atom is 0.151 e. The van der Waals surface area contributed by atoms with Gasteiger partial charge in [-0.1, -0.05) is 86.0 Å². The van der Waals surface area contributed by atoms with Crippen molar-refractivity contribution in [2.75, 3.05) is 107 Å². The number of aliphatic hydroxyl groups is 3. The van der Waals surface area contributed by atoms with E-state index in [4.69, 9.17) is 10.5 Å². The van der Waals surface area contributed by atoms with Gasteiger partial charge in [0.05, 0.1) is 13.1 Å². The van der Waals surface area contributed by atoms with E-state index in [9.17, 15) is 15.3 Å². The molecule has 0 amide bonds. The second kappa shape index (κ2) is 35.9. The Morgan fingerprint density at radius 1 is 0.704 bits per heavy atom. The number of aromatic nitrogens is 12. The van der Waals surface area contributed by atoms with Crippen LogP contribution in [0.15, 0.2) is 147 Å². The van der Waals surface area contributed by atoms with E-state index in [-0.39, 0.29) is 6.10 Å². The van der Waals surface area contributed by atoms with Crippen LogP contribution in [0.2, 0.25) is 0 Å². The van der Waals surface area contributed by atoms with Gasteiger partial charge in [-0.25, -0.2) is 0 Å². The summed E-state index contributed by atoms with van der Waals surface area (Å²) in [5, 5.41) is 59.4. The molecule has 3 aliphatic heterocycles. The number of halogens is 2. The van der Waals surface area contributed by atoms with E-state index >= 15 is 0 Å². The summed E-state index contributed by atoms with van der Waals surface area (Å²) in [6, 6.07) is 11.5. The molecule has 2 saturated heterocycles. The van der Waals surface area contributed by atoms with Gasteiger partial charge >= 0.3 is 0 Å². The zero-order valence-electron chi connectivity index (χ0n) is 49.9. The topological polar surface area (TPSA) is 228 Å². The van der Waals surface area contributed by atoms with Gasteiger partial charge in [0, 0.05) is 173 Å². The van der Waals surface area contributed by atoms with Crippen molar-refractivity contribution < 1.29 is 20.1 Å². The molecule has 0 unspecified atom stereocenters. The Hall–Kier alpha value is -6.70. The molecule has 6 aromatic heterocycles. The summed E-state index contributed by atoms with van der Waals surface area (Å²) in [5.41, 5.74) is 7.14. The number of rotatable bonds is 14. The van der Waals surface area contributed by atoms with Crippen LogP contribution in [-0.4, -0.2) is 174 Å². The second-order valence-corrected chi connectivity index (χ2v) is 21.4. The highest BCUT2D eigenvalue weighted by Gasteiger charge is 2.43. The summed E-state index contributed by atoms with van der Waals surface area (Å²) in [7, 11) is 12.9. The summed E-state index contributed by atoms with van der Waals surface area (Å²) in [6.45, 7) is 34.4. The van der Waals surface area contributed by atoms with E-state index in [1.54, 1.807) is 68.8 Å². The van der Waals surface area contributed by atoms with Gasteiger partial charge in [-0.3, -0.25) is 28.1 Å².